The van der Waals surface area contributed by atoms with Gasteiger partial charge in [0.25, 0.3) is 0 Å². The third-order valence-electron chi connectivity index (χ3n) is 4.84. The number of piperazine rings is 1. The largest absolute Gasteiger partial charge is 0.369 e. The highest BCUT2D eigenvalue weighted by Gasteiger charge is 2.29. The lowest BCUT2D eigenvalue weighted by Crippen LogP contribution is -2.50. The summed E-state index contributed by atoms with van der Waals surface area (Å²) in [4.78, 5) is 5.15. The normalized spacial score (nSPS) is 17.4. The Hall–Kier alpha value is -0.540. The van der Waals surface area contributed by atoms with Crippen LogP contribution in [0.1, 0.15) is 26.7 Å². The molecule has 1 aromatic carbocycles. The van der Waals surface area contributed by atoms with E-state index < -0.39 is 0 Å². The Labute approximate surface area is 132 Å². The molecule has 0 N–H and O–H groups in total. The highest BCUT2D eigenvalue weighted by atomic mass is 79.9. The molecule has 3 heteroatoms. The van der Waals surface area contributed by atoms with Crippen molar-refractivity contribution in [3.63, 3.8) is 0 Å². The number of hydrogen-bond acceptors (Lipinski definition) is 2. The van der Waals surface area contributed by atoms with Crippen molar-refractivity contribution in [2.45, 2.75) is 26.7 Å². The fourth-order valence-corrected chi connectivity index (χ4v) is 3.95. The van der Waals surface area contributed by atoms with E-state index in [9.17, 15) is 0 Å². The zero-order valence-corrected chi connectivity index (χ0v) is 14.4. The second-order valence-corrected chi connectivity index (χ2v) is 6.50. The number of anilines is 1. The second-order valence-electron chi connectivity index (χ2n) is 5.94. The maximum atomic E-state index is 3.73. The topological polar surface area (TPSA) is 6.48 Å². The first-order chi connectivity index (χ1) is 9.73. The van der Waals surface area contributed by atoms with Gasteiger partial charge in [-0.15, -0.1) is 0 Å². The number of benzene rings is 1. The van der Waals surface area contributed by atoms with Crippen LogP contribution >= 0.6 is 15.9 Å². The molecule has 0 unspecified atom stereocenters. The van der Waals surface area contributed by atoms with Gasteiger partial charge in [0.1, 0.15) is 0 Å². The van der Waals surface area contributed by atoms with Crippen LogP contribution < -0.4 is 4.90 Å². The summed E-state index contributed by atoms with van der Waals surface area (Å²) in [6.45, 7) is 10.5. The molecule has 0 amide bonds. The van der Waals surface area contributed by atoms with E-state index in [-0.39, 0.29) is 0 Å². The van der Waals surface area contributed by atoms with Crippen molar-refractivity contribution in [1.29, 1.82) is 0 Å². The number of rotatable bonds is 6. The van der Waals surface area contributed by atoms with Crippen molar-refractivity contribution >= 4 is 21.6 Å². The van der Waals surface area contributed by atoms with E-state index in [1.54, 1.807) is 0 Å². The van der Waals surface area contributed by atoms with E-state index in [2.05, 4.69) is 69.9 Å². The Bertz CT molecular complexity index is 373. The highest BCUT2D eigenvalue weighted by molar-refractivity contribution is 9.09. The average molecular weight is 339 g/mol. The summed E-state index contributed by atoms with van der Waals surface area (Å²) in [6.07, 6.45) is 2.52. The molecule has 1 aliphatic rings. The predicted octanol–water partition coefficient (Wildman–Crippen LogP) is 4.01. The van der Waals surface area contributed by atoms with Crippen molar-refractivity contribution in [1.82, 2.24) is 4.90 Å². The van der Waals surface area contributed by atoms with Crippen LogP contribution in [0.5, 0.6) is 0 Å². The van der Waals surface area contributed by atoms with Crippen molar-refractivity contribution < 1.29 is 0 Å². The number of para-hydroxylation sites is 1. The van der Waals surface area contributed by atoms with Crippen LogP contribution in [0.3, 0.4) is 0 Å². The first-order valence-electron chi connectivity index (χ1n) is 7.81. The van der Waals surface area contributed by atoms with Gasteiger partial charge in [0.2, 0.25) is 0 Å². The summed E-state index contributed by atoms with van der Waals surface area (Å²) in [7, 11) is 0. The molecule has 0 aliphatic carbocycles. The van der Waals surface area contributed by atoms with Gasteiger partial charge < -0.3 is 4.90 Å². The number of nitrogens with zero attached hydrogens (tertiary/aromatic N) is 2. The molecule has 1 heterocycles. The van der Waals surface area contributed by atoms with E-state index in [0.29, 0.717) is 5.41 Å². The van der Waals surface area contributed by atoms with Gasteiger partial charge in [-0.05, 0) is 30.4 Å². The van der Waals surface area contributed by atoms with Gasteiger partial charge in [-0.25, -0.2) is 0 Å². The summed E-state index contributed by atoms with van der Waals surface area (Å²) < 4.78 is 0. The minimum atomic E-state index is 0.453. The summed E-state index contributed by atoms with van der Waals surface area (Å²) in [5.74, 6) is 0. The molecule has 1 fully saturated rings. The number of alkyl halides is 1. The van der Waals surface area contributed by atoms with E-state index in [1.807, 2.05) is 0 Å². The smallest absolute Gasteiger partial charge is 0.0367 e. The fourth-order valence-electron chi connectivity index (χ4n) is 2.98. The lowest BCUT2D eigenvalue weighted by Gasteiger charge is -2.41. The van der Waals surface area contributed by atoms with Crippen molar-refractivity contribution in [2.75, 3.05) is 43.0 Å². The monoisotopic (exact) mass is 338 g/mol. The zero-order valence-electron chi connectivity index (χ0n) is 12.8. The summed E-state index contributed by atoms with van der Waals surface area (Å²) in [5.41, 5.74) is 1.82. The fraction of sp³-hybridized carbons (Fsp3) is 0.647. The van der Waals surface area contributed by atoms with Crippen molar-refractivity contribution in [3.05, 3.63) is 30.3 Å². The molecule has 20 heavy (non-hydrogen) atoms. The van der Waals surface area contributed by atoms with Crippen LogP contribution in [0.25, 0.3) is 0 Å². The summed E-state index contributed by atoms with van der Waals surface area (Å²) in [6, 6.07) is 10.8. The quantitative estimate of drug-likeness (QED) is 0.723. The minimum absolute atomic E-state index is 0.453. The first kappa shape index (κ1) is 15.8. The average Bonchev–Trinajstić information content (AvgIpc) is 2.54. The molecule has 2 nitrogen and oxygen atoms in total. The van der Waals surface area contributed by atoms with Gasteiger partial charge in [0.05, 0.1) is 0 Å². The van der Waals surface area contributed by atoms with E-state index in [1.165, 1.54) is 38.2 Å². The Morgan fingerprint density at radius 3 is 2.10 bits per heavy atom. The van der Waals surface area contributed by atoms with Crippen LogP contribution in [0.4, 0.5) is 5.69 Å². The van der Waals surface area contributed by atoms with Crippen LogP contribution in [0, 0.1) is 5.41 Å². The molecule has 1 aromatic rings. The van der Waals surface area contributed by atoms with Gasteiger partial charge in [-0.1, -0.05) is 48.0 Å². The van der Waals surface area contributed by atoms with E-state index in [0.717, 1.165) is 18.4 Å². The second kappa shape index (κ2) is 7.46. The molecule has 1 aliphatic heterocycles. The van der Waals surface area contributed by atoms with Gasteiger partial charge in [0.15, 0.2) is 0 Å². The predicted molar refractivity (Wildman–Crippen MR) is 91.9 cm³/mol. The lowest BCUT2D eigenvalue weighted by molar-refractivity contribution is 0.152. The zero-order chi connectivity index (χ0) is 14.4. The van der Waals surface area contributed by atoms with Crippen LogP contribution in [0.15, 0.2) is 30.3 Å². The third kappa shape index (κ3) is 3.76. The van der Waals surface area contributed by atoms with Gasteiger partial charge in [0, 0.05) is 43.7 Å². The lowest BCUT2D eigenvalue weighted by atomic mass is 9.84. The molecule has 0 aromatic heterocycles. The van der Waals surface area contributed by atoms with Gasteiger partial charge >= 0.3 is 0 Å². The van der Waals surface area contributed by atoms with Crippen LogP contribution in [-0.4, -0.2) is 43.0 Å². The number of hydrogen-bond donors (Lipinski definition) is 0. The maximum Gasteiger partial charge on any atom is 0.0367 e. The summed E-state index contributed by atoms with van der Waals surface area (Å²) in [5, 5.41) is 1.12. The molecular weight excluding hydrogens is 312 g/mol. The molecule has 0 atom stereocenters. The molecule has 0 saturated carbocycles. The van der Waals surface area contributed by atoms with Gasteiger partial charge in [-0.2, -0.15) is 0 Å². The highest BCUT2D eigenvalue weighted by Crippen LogP contribution is 2.30. The van der Waals surface area contributed by atoms with Crippen LogP contribution in [-0.2, 0) is 0 Å². The van der Waals surface area contributed by atoms with E-state index in [4.69, 9.17) is 0 Å². The molecule has 0 spiro atoms. The molecule has 0 bridgehead atoms. The molecule has 1 saturated heterocycles. The standard InChI is InChI=1S/C17H27BrN2/c1-3-17(4-2,14-18)15-19-10-12-20(13-11-19)16-8-6-5-7-9-16/h5-9H,3-4,10-15H2,1-2H3. The number of halogens is 1. The molecule has 112 valence electrons. The SMILES string of the molecule is CCC(CC)(CBr)CN1CCN(c2ccccc2)CC1. The Kier molecular flexibility index (Phi) is 5.91. The Balaban J connectivity index is 1.88. The minimum Gasteiger partial charge on any atom is -0.369 e. The first-order valence-corrected chi connectivity index (χ1v) is 8.93. The Morgan fingerprint density at radius 2 is 1.60 bits per heavy atom. The maximum absolute atomic E-state index is 3.73. The van der Waals surface area contributed by atoms with Crippen molar-refractivity contribution in [3.8, 4) is 0 Å². The Morgan fingerprint density at radius 1 is 1.00 bits per heavy atom. The summed E-state index contributed by atoms with van der Waals surface area (Å²) >= 11 is 3.73. The molecular formula is C17H27BrN2. The van der Waals surface area contributed by atoms with Gasteiger partial charge in [-0.3, -0.25) is 4.90 Å². The third-order valence-corrected chi connectivity index (χ3v) is 6.03. The van der Waals surface area contributed by atoms with Crippen LogP contribution in [0.2, 0.25) is 0 Å². The van der Waals surface area contributed by atoms with E-state index >= 15 is 0 Å². The molecule has 2 rings (SSSR count). The van der Waals surface area contributed by atoms with Crippen molar-refractivity contribution in [2.24, 2.45) is 5.41 Å². The molecule has 0 radical (unpaired) electrons.